The molecule has 6 rings (SSSR count). The fraction of sp³-hybridized carbons (Fsp3) is 0.179. The van der Waals surface area contributed by atoms with E-state index < -0.39 is 18.6 Å². The molecule has 0 unspecified atom stereocenters. The van der Waals surface area contributed by atoms with Crippen LogP contribution in [0.5, 0.6) is 5.75 Å². The molecule has 0 radical (unpaired) electrons. The standard InChI is InChI=1S/C28H22ClFN4O4/c1-15(26-32-28(35)38-33-26)25-19-7-5-16(10-17(19)13-37-24-12-18(30)6-8-20(24)25)11-23-22(14-36-2)31-27-21(29)4-3-9-34(23)27/h3-10,12H,11,13-14H2,1-2H3,(H,32,33,35)/b25-15+/i2D3. The van der Waals surface area contributed by atoms with Crippen LogP contribution >= 0.6 is 11.6 Å². The Bertz CT molecular complexity index is 1890. The quantitative estimate of drug-likeness (QED) is 0.323. The number of pyridine rings is 1. The molecule has 0 aliphatic carbocycles. The number of aromatic nitrogens is 4. The van der Waals surface area contributed by atoms with Crippen molar-refractivity contribution in [3.05, 3.63) is 116 Å². The Morgan fingerprint density at radius 3 is 2.95 bits per heavy atom. The minimum Gasteiger partial charge on any atom is -0.488 e. The molecule has 1 aliphatic heterocycles. The highest BCUT2D eigenvalue weighted by atomic mass is 35.5. The zero-order valence-corrected chi connectivity index (χ0v) is 20.8. The monoisotopic (exact) mass is 535 g/mol. The summed E-state index contributed by atoms with van der Waals surface area (Å²) in [6.45, 7) is 1.72. The number of H-pyrrole nitrogens is 1. The van der Waals surface area contributed by atoms with Crippen LogP contribution in [0.4, 0.5) is 4.39 Å². The van der Waals surface area contributed by atoms with E-state index in [1.54, 1.807) is 25.1 Å². The van der Waals surface area contributed by atoms with Crippen LogP contribution < -0.4 is 10.5 Å². The Balaban J connectivity index is 1.45. The number of fused-ring (bicyclic) bond motifs is 3. The van der Waals surface area contributed by atoms with Crippen LogP contribution in [0.15, 0.2) is 64.0 Å². The third-order valence-corrected chi connectivity index (χ3v) is 6.87. The van der Waals surface area contributed by atoms with Gasteiger partial charge < -0.3 is 13.9 Å². The molecule has 0 fully saturated rings. The lowest BCUT2D eigenvalue weighted by Crippen LogP contribution is -2.03. The fourth-order valence-electron chi connectivity index (χ4n) is 4.85. The molecule has 0 atom stereocenters. The predicted octanol–water partition coefficient (Wildman–Crippen LogP) is 5.41. The van der Waals surface area contributed by atoms with Crippen LogP contribution in [-0.4, -0.2) is 26.6 Å². The van der Waals surface area contributed by atoms with E-state index in [1.165, 1.54) is 12.1 Å². The first kappa shape index (κ1) is 20.8. The summed E-state index contributed by atoms with van der Waals surface area (Å²) in [4.78, 5) is 18.8. The van der Waals surface area contributed by atoms with Gasteiger partial charge in [-0.25, -0.2) is 14.2 Å². The maximum absolute atomic E-state index is 14.2. The smallest absolute Gasteiger partial charge is 0.439 e. The van der Waals surface area contributed by atoms with E-state index in [9.17, 15) is 9.18 Å². The minimum absolute atomic E-state index is 0.153. The van der Waals surface area contributed by atoms with E-state index >= 15 is 0 Å². The van der Waals surface area contributed by atoms with Gasteiger partial charge in [-0.05, 0) is 53.5 Å². The Morgan fingerprint density at radius 2 is 2.13 bits per heavy atom. The van der Waals surface area contributed by atoms with Crippen molar-refractivity contribution < 1.29 is 22.5 Å². The van der Waals surface area contributed by atoms with Gasteiger partial charge in [-0.3, -0.25) is 9.51 Å². The van der Waals surface area contributed by atoms with E-state index in [0.29, 0.717) is 45.2 Å². The first-order chi connectivity index (χ1) is 19.6. The van der Waals surface area contributed by atoms with Gasteiger partial charge in [0.15, 0.2) is 11.5 Å². The molecule has 1 aliphatic rings. The molecule has 0 saturated carbocycles. The van der Waals surface area contributed by atoms with Crippen molar-refractivity contribution in [2.24, 2.45) is 0 Å². The molecule has 192 valence electrons. The molecule has 4 heterocycles. The van der Waals surface area contributed by atoms with Gasteiger partial charge in [-0.1, -0.05) is 35.0 Å². The maximum atomic E-state index is 14.2. The molecule has 0 bridgehead atoms. The highest BCUT2D eigenvalue weighted by Gasteiger charge is 2.24. The van der Waals surface area contributed by atoms with Gasteiger partial charge in [0.05, 0.1) is 27.1 Å². The predicted molar refractivity (Wildman–Crippen MR) is 140 cm³/mol. The number of ether oxygens (including phenoxy) is 2. The summed E-state index contributed by atoms with van der Waals surface area (Å²) in [6.07, 6.45) is 2.19. The van der Waals surface area contributed by atoms with E-state index in [-0.39, 0.29) is 19.0 Å². The summed E-state index contributed by atoms with van der Waals surface area (Å²) in [6, 6.07) is 13.6. The van der Waals surface area contributed by atoms with E-state index in [1.807, 2.05) is 28.8 Å². The second-order valence-corrected chi connectivity index (χ2v) is 9.29. The Hall–Kier alpha value is -4.21. The summed E-state index contributed by atoms with van der Waals surface area (Å²) < 4.78 is 54.2. The average molecular weight is 536 g/mol. The third-order valence-electron chi connectivity index (χ3n) is 6.57. The van der Waals surface area contributed by atoms with Crippen LogP contribution in [0.3, 0.4) is 0 Å². The molecule has 0 spiro atoms. The van der Waals surface area contributed by atoms with Crippen LogP contribution in [0.25, 0.3) is 16.8 Å². The minimum atomic E-state index is -2.58. The lowest BCUT2D eigenvalue weighted by Gasteiger charge is -2.14. The molecular weight excluding hydrogens is 511 g/mol. The van der Waals surface area contributed by atoms with Crippen molar-refractivity contribution in [2.75, 3.05) is 7.04 Å². The van der Waals surface area contributed by atoms with E-state index in [0.717, 1.165) is 22.4 Å². The first-order valence-corrected chi connectivity index (χ1v) is 12.1. The average Bonchev–Trinajstić information content (AvgIpc) is 3.47. The number of allylic oxidation sites excluding steroid dienone is 1. The van der Waals surface area contributed by atoms with Gasteiger partial charge in [0.2, 0.25) is 0 Å². The summed E-state index contributed by atoms with van der Waals surface area (Å²) in [7, 11) is -2.58. The lowest BCUT2D eigenvalue weighted by atomic mass is 9.89. The Kier molecular flexibility index (Phi) is 5.25. The van der Waals surface area contributed by atoms with Crippen molar-refractivity contribution in [2.45, 2.75) is 26.6 Å². The molecule has 5 aromatic rings. The fourth-order valence-corrected chi connectivity index (χ4v) is 5.06. The molecule has 1 N–H and O–H groups in total. The number of aromatic amines is 1. The van der Waals surface area contributed by atoms with Crippen LogP contribution in [0.2, 0.25) is 5.02 Å². The highest BCUT2D eigenvalue weighted by molar-refractivity contribution is 6.33. The zero-order valence-electron chi connectivity index (χ0n) is 23.0. The number of imidazole rings is 1. The number of methoxy groups -OCH3 is 1. The van der Waals surface area contributed by atoms with Crippen molar-refractivity contribution in [3.63, 3.8) is 0 Å². The number of benzene rings is 2. The van der Waals surface area contributed by atoms with Crippen LogP contribution in [0, 0.1) is 5.82 Å². The molecular formula is C28H22ClFN4O4. The summed E-state index contributed by atoms with van der Waals surface area (Å²) in [5.41, 5.74) is 6.13. The van der Waals surface area contributed by atoms with Gasteiger partial charge in [0.25, 0.3) is 0 Å². The first-order valence-electron chi connectivity index (χ1n) is 13.2. The number of hydrogen-bond acceptors (Lipinski definition) is 6. The molecule has 10 heteroatoms. The number of halogens is 2. The van der Waals surface area contributed by atoms with Crippen LogP contribution in [-0.2, 0) is 24.4 Å². The number of nitrogens with zero attached hydrogens (tertiary/aromatic N) is 3. The molecule has 2 aromatic carbocycles. The number of hydrogen-bond donors (Lipinski definition) is 1. The number of rotatable bonds is 5. The zero-order chi connectivity index (χ0) is 28.9. The van der Waals surface area contributed by atoms with Crippen molar-refractivity contribution >= 4 is 28.4 Å². The van der Waals surface area contributed by atoms with Crippen molar-refractivity contribution in [1.29, 1.82) is 0 Å². The summed E-state index contributed by atoms with van der Waals surface area (Å²) in [5, 5.41) is 4.27. The molecule has 38 heavy (non-hydrogen) atoms. The normalized spacial score (nSPS) is 15.6. The topological polar surface area (TPSA) is 94.7 Å². The van der Waals surface area contributed by atoms with Gasteiger partial charge in [0.1, 0.15) is 18.2 Å². The third kappa shape index (κ3) is 4.19. The van der Waals surface area contributed by atoms with Gasteiger partial charge >= 0.3 is 5.76 Å². The second-order valence-electron chi connectivity index (χ2n) is 8.88. The van der Waals surface area contributed by atoms with Gasteiger partial charge in [-0.2, -0.15) is 0 Å². The van der Waals surface area contributed by atoms with Crippen molar-refractivity contribution in [1.82, 2.24) is 19.5 Å². The Labute approximate surface area is 225 Å². The van der Waals surface area contributed by atoms with E-state index in [4.69, 9.17) is 29.7 Å². The molecule has 3 aromatic heterocycles. The Morgan fingerprint density at radius 1 is 1.26 bits per heavy atom. The molecule has 8 nitrogen and oxygen atoms in total. The molecule has 0 saturated heterocycles. The SMILES string of the molecule is [2H]C([2H])([2H])OCc1nc2c(Cl)cccn2c1Cc1ccc2c(c1)COc1cc(F)ccc1/C2=C(\C)c1noc(=O)[nH]1. The summed E-state index contributed by atoms with van der Waals surface area (Å²) >= 11 is 6.38. The number of nitrogens with one attached hydrogen (secondary N) is 1. The maximum Gasteiger partial charge on any atom is 0.439 e. The van der Waals surface area contributed by atoms with Crippen molar-refractivity contribution in [3.8, 4) is 5.75 Å². The highest BCUT2D eigenvalue weighted by Crippen LogP contribution is 2.41. The second kappa shape index (κ2) is 9.59. The van der Waals surface area contributed by atoms with Crippen LogP contribution in [0.1, 0.15) is 50.5 Å². The van der Waals surface area contributed by atoms with Gasteiger partial charge in [0, 0.05) is 36.9 Å². The largest absolute Gasteiger partial charge is 0.488 e. The molecule has 0 amide bonds. The lowest BCUT2D eigenvalue weighted by molar-refractivity contribution is 0.181. The van der Waals surface area contributed by atoms with Gasteiger partial charge in [-0.15, -0.1) is 0 Å². The summed E-state index contributed by atoms with van der Waals surface area (Å²) in [5.74, 6) is -0.534. The van der Waals surface area contributed by atoms with E-state index in [2.05, 4.69) is 15.1 Å².